The summed E-state index contributed by atoms with van der Waals surface area (Å²) in [6.45, 7) is 1.34. The van der Waals surface area contributed by atoms with Gasteiger partial charge in [-0.1, -0.05) is 31.4 Å². The topological polar surface area (TPSA) is 95.2 Å². The molecular weight excluding hydrogens is 376 g/mol. The number of nitrogens with one attached hydrogen (secondary N) is 1. The Morgan fingerprint density at radius 2 is 1.96 bits per heavy atom. The molecule has 0 spiro atoms. The van der Waals surface area contributed by atoms with Crippen LogP contribution in [0, 0.1) is 11.3 Å². The van der Waals surface area contributed by atoms with Crippen molar-refractivity contribution in [3.63, 3.8) is 0 Å². The highest BCUT2D eigenvalue weighted by molar-refractivity contribution is 8.27. The maximum Gasteiger partial charge on any atom is 0.308 e. The van der Waals surface area contributed by atoms with Crippen LogP contribution in [0.5, 0.6) is 5.75 Å². The van der Waals surface area contributed by atoms with Gasteiger partial charge in [0.1, 0.15) is 10.8 Å². The minimum Gasteiger partial charge on any atom is -0.427 e. The molecular formula is C20H20N4O3S. The lowest BCUT2D eigenvalue weighted by atomic mass is 9.90. The van der Waals surface area contributed by atoms with Crippen LogP contribution in [0.2, 0.25) is 0 Å². The standard InChI is InChI=1S/C20H20N4O3S/c1-12(25)27-15-9-7-13(8-10-15)11-16-17(21)24-20(22-18(16)26)28-19(23-24)14-5-3-2-4-6-14/h7-11,14,21H,2-6H2,1H3/b16-11-,21-17?. The predicted octanol–water partition coefficient (Wildman–Crippen LogP) is 3.81. The van der Waals surface area contributed by atoms with Crippen LogP contribution in [0.15, 0.2) is 39.9 Å². The number of hydrazone groups is 1. The number of rotatable bonds is 3. The molecule has 1 amide bonds. The molecule has 1 aromatic rings. The van der Waals surface area contributed by atoms with Crippen molar-refractivity contribution in [3.05, 3.63) is 35.4 Å². The fourth-order valence-corrected chi connectivity index (χ4v) is 4.55. The Hall–Kier alpha value is -2.74. The first-order valence-electron chi connectivity index (χ1n) is 9.30. The van der Waals surface area contributed by atoms with Crippen molar-refractivity contribution in [2.24, 2.45) is 16.0 Å². The zero-order valence-corrected chi connectivity index (χ0v) is 16.3. The van der Waals surface area contributed by atoms with Gasteiger partial charge in [-0.25, -0.2) is 0 Å². The van der Waals surface area contributed by atoms with Crippen LogP contribution in [0.25, 0.3) is 6.08 Å². The van der Waals surface area contributed by atoms with E-state index in [2.05, 4.69) is 10.1 Å². The van der Waals surface area contributed by atoms with Gasteiger partial charge in [-0.05, 0) is 48.4 Å². The first-order chi connectivity index (χ1) is 13.5. The molecule has 0 aromatic heterocycles. The van der Waals surface area contributed by atoms with E-state index in [-0.39, 0.29) is 11.4 Å². The number of esters is 1. The molecule has 28 heavy (non-hydrogen) atoms. The first-order valence-corrected chi connectivity index (χ1v) is 10.1. The number of carbonyl (C=O) groups is 2. The molecule has 1 aromatic carbocycles. The number of thioether (sulfide) groups is 1. The van der Waals surface area contributed by atoms with Crippen LogP contribution >= 0.6 is 11.8 Å². The van der Waals surface area contributed by atoms with E-state index in [9.17, 15) is 9.59 Å². The molecule has 3 aliphatic rings. The summed E-state index contributed by atoms with van der Waals surface area (Å²) in [6.07, 6.45) is 7.47. The Balaban J connectivity index is 1.56. The SMILES string of the molecule is CC(=O)Oc1ccc(/C=C2/C(=N)N3N=C(C4CCCCC4)SC3=NC2=O)cc1. The van der Waals surface area contributed by atoms with Crippen molar-refractivity contribution in [1.29, 1.82) is 5.41 Å². The quantitative estimate of drug-likeness (QED) is 0.476. The van der Waals surface area contributed by atoms with E-state index in [1.165, 1.54) is 43.0 Å². The van der Waals surface area contributed by atoms with Gasteiger partial charge in [-0.15, -0.1) is 0 Å². The van der Waals surface area contributed by atoms with E-state index in [0.717, 1.165) is 17.9 Å². The van der Waals surface area contributed by atoms with E-state index in [1.807, 2.05) is 0 Å². The molecule has 4 rings (SSSR count). The molecule has 0 unspecified atom stereocenters. The summed E-state index contributed by atoms with van der Waals surface area (Å²) >= 11 is 1.41. The van der Waals surface area contributed by atoms with Gasteiger partial charge < -0.3 is 4.74 Å². The molecule has 144 valence electrons. The Bertz CT molecular complexity index is 927. The molecule has 2 aliphatic heterocycles. The van der Waals surface area contributed by atoms with E-state index in [4.69, 9.17) is 10.1 Å². The van der Waals surface area contributed by atoms with Crippen molar-refractivity contribution < 1.29 is 14.3 Å². The third kappa shape index (κ3) is 3.77. The minimum absolute atomic E-state index is 0.0392. The van der Waals surface area contributed by atoms with Crippen molar-refractivity contribution >= 4 is 45.8 Å². The summed E-state index contributed by atoms with van der Waals surface area (Å²) in [7, 11) is 0. The van der Waals surface area contributed by atoms with Gasteiger partial charge >= 0.3 is 5.97 Å². The second-order valence-electron chi connectivity index (χ2n) is 6.96. The van der Waals surface area contributed by atoms with E-state index >= 15 is 0 Å². The number of amides is 1. The lowest BCUT2D eigenvalue weighted by Crippen LogP contribution is -2.35. The van der Waals surface area contributed by atoms with Gasteiger partial charge in [0.2, 0.25) is 5.17 Å². The van der Waals surface area contributed by atoms with Gasteiger partial charge in [0.15, 0.2) is 5.84 Å². The normalized spacial score (nSPS) is 21.5. The van der Waals surface area contributed by atoms with Crippen molar-refractivity contribution in [2.75, 3.05) is 0 Å². The fraction of sp³-hybridized carbons (Fsp3) is 0.350. The second kappa shape index (κ2) is 7.71. The lowest BCUT2D eigenvalue weighted by Gasteiger charge is -2.20. The van der Waals surface area contributed by atoms with Gasteiger partial charge in [0, 0.05) is 12.8 Å². The van der Waals surface area contributed by atoms with Crippen LogP contribution in [0.4, 0.5) is 0 Å². The number of benzene rings is 1. The van der Waals surface area contributed by atoms with E-state index in [1.54, 1.807) is 30.3 Å². The second-order valence-corrected chi connectivity index (χ2v) is 7.94. The number of ether oxygens (including phenoxy) is 1. The highest BCUT2D eigenvalue weighted by atomic mass is 32.2. The average Bonchev–Trinajstić information content (AvgIpc) is 3.11. The van der Waals surface area contributed by atoms with Crippen LogP contribution in [-0.2, 0) is 9.59 Å². The molecule has 1 N–H and O–H groups in total. The maximum absolute atomic E-state index is 12.5. The molecule has 0 bridgehead atoms. The van der Waals surface area contributed by atoms with Crippen molar-refractivity contribution in [1.82, 2.24) is 5.01 Å². The van der Waals surface area contributed by atoms with Gasteiger partial charge in [0.05, 0.1) is 5.57 Å². The Morgan fingerprint density at radius 1 is 1.25 bits per heavy atom. The van der Waals surface area contributed by atoms with Crippen LogP contribution in [0.3, 0.4) is 0 Å². The average molecular weight is 396 g/mol. The van der Waals surface area contributed by atoms with Gasteiger partial charge in [-0.3, -0.25) is 15.0 Å². The molecule has 0 radical (unpaired) electrons. The Kier molecular flexibility index (Phi) is 5.13. The largest absolute Gasteiger partial charge is 0.427 e. The minimum atomic E-state index is -0.437. The highest BCUT2D eigenvalue weighted by Gasteiger charge is 2.37. The summed E-state index contributed by atoms with van der Waals surface area (Å²) in [5, 5.41) is 16.0. The van der Waals surface area contributed by atoms with Crippen molar-refractivity contribution in [3.8, 4) is 5.75 Å². The zero-order valence-electron chi connectivity index (χ0n) is 15.5. The number of hydrogen-bond donors (Lipinski definition) is 1. The summed E-state index contributed by atoms with van der Waals surface area (Å²) in [5.41, 5.74) is 0.907. The summed E-state index contributed by atoms with van der Waals surface area (Å²) in [6, 6.07) is 6.73. The van der Waals surface area contributed by atoms with Gasteiger partial charge in [0.25, 0.3) is 5.91 Å². The maximum atomic E-state index is 12.5. The third-order valence-corrected chi connectivity index (χ3v) is 5.95. The monoisotopic (exact) mass is 396 g/mol. The molecule has 8 heteroatoms. The summed E-state index contributed by atoms with van der Waals surface area (Å²) in [5.74, 6) is 0.0366. The van der Waals surface area contributed by atoms with Gasteiger partial charge in [-0.2, -0.15) is 15.1 Å². The molecule has 0 saturated heterocycles. The Morgan fingerprint density at radius 3 is 2.64 bits per heavy atom. The van der Waals surface area contributed by atoms with Crippen LogP contribution in [-0.4, -0.2) is 32.9 Å². The van der Waals surface area contributed by atoms with E-state index < -0.39 is 11.9 Å². The number of hydrogen-bond acceptors (Lipinski definition) is 6. The number of nitrogens with zero attached hydrogens (tertiary/aromatic N) is 3. The molecule has 2 heterocycles. The van der Waals surface area contributed by atoms with Crippen LogP contribution < -0.4 is 4.74 Å². The van der Waals surface area contributed by atoms with Crippen LogP contribution in [0.1, 0.15) is 44.6 Å². The third-order valence-electron chi connectivity index (χ3n) is 4.88. The number of aliphatic imine (C=N–C) groups is 1. The fourth-order valence-electron chi connectivity index (χ4n) is 3.49. The first kappa shape index (κ1) is 18.6. The van der Waals surface area contributed by atoms with Crippen molar-refractivity contribution in [2.45, 2.75) is 39.0 Å². The summed E-state index contributed by atoms with van der Waals surface area (Å²) < 4.78 is 5.01. The number of carbonyl (C=O) groups excluding carboxylic acids is 2. The molecule has 1 fully saturated rings. The Labute approximate surface area is 167 Å². The predicted molar refractivity (Wildman–Crippen MR) is 109 cm³/mol. The van der Waals surface area contributed by atoms with E-state index in [0.29, 0.717) is 22.4 Å². The summed E-state index contributed by atoms with van der Waals surface area (Å²) in [4.78, 5) is 27.6. The molecule has 0 atom stereocenters. The number of amidine groups is 2. The molecule has 1 aliphatic carbocycles. The molecule has 7 nitrogen and oxygen atoms in total. The smallest absolute Gasteiger partial charge is 0.308 e. The number of fused-ring (bicyclic) bond motifs is 1. The lowest BCUT2D eigenvalue weighted by molar-refractivity contribution is -0.131. The molecule has 1 saturated carbocycles. The highest BCUT2D eigenvalue weighted by Crippen LogP contribution is 2.36. The zero-order chi connectivity index (χ0) is 19.7.